The van der Waals surface area contributed by atoms with E-state index >= 15 is 0 Å². The number of hydrogen-bond acceptors (Lipinski definition) is 8. The Morgan fingerprint density at radius 3 is 2.45 bits per heavy atom. The van der Waals surface area contributed by atoms with Crippen molar-refractivity contribution in [2.45, 2.75) is 129 Å². The number of amides is 3. The molecule has 0 aliphatic carbocycles. The van der Waals surface area contributed by atoms with E-state index in [0.717, 1.165) is 37.9 Å². The van der Waals surface area contributed by atoms with Gasteiger partial charge in [0.1, 0.15) is 6.04 Å². The molecule has 0 aromatic carbocycles. The van der Waals surface area contributed by atoms with E-state index in [0.29, 0.717) is 57.2 Å². The molecule has 4 N–H and O–H groups in total. The van der Waals surface area contributed by atoms with Crippen molar-refractivity contribution in [3.05, 3.63) is 23.8 Å². The van der Waals surface area contributed by atoms with Crippen LogP contribution in [0.3, 0.4) is 0 Å². The van der Waals surface area contributed by atoms with E-state index < -0.39 is 18.1 Å². The number of ether oxygens (including phenoxy) is 3. The number of allylic oxidation sites excluding steroid dienone is 3. The van der Waals surface area contributed by atoms with Gasteiger partial charge in [0.05, 0.1) is 42.5 Å². The minimum atomic E-state index is -1.05. The minimum absolute atomic E-state index is 0. The lowest BCUT2D eigenvalue weighted by atomic mass is 9.85. The standard InChI is InChI=1S/C37H64N4O8.12H2/c1-24(23-37(6)34(49-37)27(4)33(47-8)28(5)42)12-11-13-25(2)32-26(3)15-16-29(48-32)22-31(43)38-17-10-9-14-30(35(44)45)39-36(46)41-20-18-40(7)19-21-41;;;;;;;;;;;;/h11-13,24,26-30,32-34,42H,9-10,14-23H2,1-8H3,(H,38,43)(H,39,46)(H,44,45);12*1H/b12-11+,25-13+;;;;;;;;;;;;/t24-,26+,27-,28-,29-,30+,32-,33-,34-,37-;;;;;;;;;;;;/m1............/s1. The second-order valence-electron chi connectivity index (χ2n) is 15.0. The summed E-state index contributed by atoms with van der Waals surface area (Å²) in [6, 6.07) is -1.29. The molecule has 3 saturated heterocycles. The van der Waals surface area contributed by atoms with Crippen LogP contribution in [0, 0.1) is 17.8 Å². The molecular weight excluding hydrogens is 628 g/mol. The smallest absolute Gasteiger partial charge is 0.326 e. The van der Waals surface area contributed by atoms with E-state index in [-0.39, 0.29) is 65.0 Å². The quantitative estimate of drug-likeness (QED) is 0.0672. The number of hydrogen-bond donors (Lipinski definition) is 4. The van der Waals surface area contributed by atoms with Gasteiger partial charge in [0.15, 0.2) is 0 Å². The molecule has 0 spiro atoms. The number of unbranched alkanes of at least 4 members (excludes halogenated alkanes) is 1. The van der Waals surface area contributed by atoms with Gasteiger partial charge in [-0.25, -0.2) is 9.59 Å². The molecule has 3 aliphatic heterocycles. The van der Waals surface area contributed by atoms with E-state index in [4.69, 9.17) is 14.2 Å². The first kappa shape index (κ1) is 40.9. The average Bonchev–Trinajstić information content (AvgIpc) is 3.71. The Labute approximate surface area is 311 Å². The number of nitrogens with one attached hydrogen (secondary N) is 2. The Morgan fingerprint density at radius 1 is 1.12 bits per heavy atom. The molecule has 3 fully saturated rings. The summed E-state index contributed by atoms with van der Waals surface area (Å²) in [6.45, 7) is 15.6. The van der Waals surface area contributed by atoms with Crippen molar-refractivity contribution in [2.24, 2.45) is 17.8 Å². The maximum atomic E-state index is 12.7. The highest BCUT2D eigenvalue weighted by atomic mass is 16.6. The molecule has 49 heavy (non-hydrogen) atoms. The zero-order valence-corrected chi connectivity index (χ0v) is 31.2. The van der Waals surface area contributed by atoms with Crippen molar-refractivity contribution in [1.29, 1.82) is 0 Å². The monoisotopic (exact) mass is 717 g/mol. The van der Waals surface area contributed by atoms with E-state index in [1.807, 2.05) is 7.05 Å². The maximum absolute atomic E-state index is 12.7. The zero-order chi connectivity index (χ0) is 36.3. The number of urea groups is 1. The molecule has 0 bridgehead atoms. The number of aliphatic hydroxyl groups excluding tert-OH is 1. The molecule has 12 heteroatoms. The lowest BCUT2D eigenvalue weighted by Crippen LogP contribution is -2.53. The van der Waals surface area contributed by atoms with Crippen LogP contribution in [0.25, 0.3) is 0 Å². The third kappa shape index (κ3) is 12.6. The highest BCUT2D eigenvalue weighted by molar-refractivity contribution is 5.82. The van der Waals surface area contributed by atoms with E-state index in [9.17, 15) is 24.6 Å². The van der Waals surface area contributed by atoms with Gasteiger partial charge in [-0.05, 0) is 83.8 Å². The number of carbonyl (C=O) groups is 3. The summed E-state index contributed by atoms with van der Waals surface area (Å²) in [5, 5.41) is 25.3. The Kier molecular flexibility index (Phi) is 16.0. The van der Waals surface area contributed by atoms with Crippen LogP contribution in [0.4, 0.5) is 4.79 Å². The molecule has 3 aliphatic rings. The van der Waals surface area contributed by atoms with Gasteiger partial charge in [0.25, 0.3) is 0 Å². The number of likely N-dealkylation sites (N-methyl/N-ethyl adjacent to an activating group) is 1. The number of rotatable bonds is 18. The van der Waals surface area contributed by atoms with Gasteiger partial charge in [-0.3, -0.25) is 4.79 Å². The fraction of sp³-hybridized carbons (Fsp3) is 0.811. The number of piperazine rings is 1. The summed E-state index contributed by atoms with van der Waals surface area (Å²) in [4.78, 5) is 40.8. The average molecular weight is 717 g/mol. The molecule has 0 saturated carbocycles. The van der Waals surface area contributed by atoms with Gasteiger partial charge in [-0.1, -0.05) is 39.0 Å². The van der Waals surface area contributed by atoms with Gasteiger partial charge in [0, 0.05) is 62.9 Å². The van der Waals surface area contributed by atoms with Gasteiger partial charge >= 0.3 is 12.0 Å². The third-order valence-electron chi connectivity index (χ3n) is 10.5. The molecule has 3 rings (SSSR count). The molecule has 0 radical (unpaired) electrons. The molecule has 0 unspecified atom stereocenters. The van der Waals surface area contributed by atoms with Gasteiger partial charge in [0.2, 0.25) is 5.91 Å². The SMILES string of the molecule is CO[C@H]([C@@H](C)[C@H]1O[C@]1(C)C[C@H](C)/C=C/C=C(\C)[C@H]1O[C@@H](CC(=O)NCCCC[C@H](NC(=O)N2CCN(C)CC2)C(=O)O)CC[C@@H]1C)[C@@H](C)O.[HH].[HH].[HH].[HH].[HH].[HH].[HH].[HH].[HH].[HH].[HH].[HH]. The molecular formula is C37H88N4O8. The summed E-state index contributed by atoms with van der Waals surface area (Å²) < 4.78 is 18.0. The van der Waals surface area contributed by atoms with Crippen LogP contribution in [-0.4, -0.2) is 127 Å². The summed E-state index contributed by atoms with van der Waals surface area (Å²) in [5.74, 6) is -0.367. The number of nitrogens with zero attached hydrogens (tertiary/aromatic N) is 2. The number of aliphatic hydroxyl groups is 1. The van der Waals surface area contributed by atoms with Crippen LogP contribution in [0.2, 0.25) is 0 Å². The number of carboxylic acids is 1. The van der Waals surface area contributed by atoms with E-state index in [1.54, 1.807) is 18.9 Å². The van der Waals surface area contributed by atoms with Crippen molar-refractivity contribution in [2.75, 3.05) is 46.9 Å². The second-order valence-corrected chi connectivity index (χ2v) is 15.0. The Morgan fingerprint density at radius 2 is 1.82 bits per heavy atom. The predicted molar refractivity (Wildman–Crippen MR) is 215 cm³/mol. The Balaban J connectivity index is -0.000000271. The molecule has 3 amide bonds. The van der Waals surface area contributed by atoms with Crippen molar-refractivity contribution in [3.63, 3.8) is 0 Å². The lowest BCUT2D eigenvalue weighted by molar-refractivity contribution is -0.139. The van der Waals surface area contributed by atoms with Gasteiger partial charge < -0.3 is 44.9 Å². The third-order valence-corrected chi connectivity index (χ3v) is 10.5. The highest BCUT2D eigenvalue weighted by Crippen LogP contribution is 2.47. The minimum Gasteiger partial charge on any atom is -0.480 e. The van der Waals surface area contributed by atoms with E-state index in [1.165, 1.54) is 0 Å². The molecule has 0 aromatic rings. The van der Waals surface area contributed by atoms with Crippen LogP contribution in [0.1, 0.15) is 104 Å². The van der Waals surface area contributed by atoms with Crippen LogP contribution in [-0.2, 0) is 23.8 Å². The number of carboxylic acid groups (broad SMARTS) is 1. The highest BCUT2D eigenvalue weighted by Gasteiger charge is 2.56. The largest absolute Gasteiger partial charge is 0.480 e. The molecule has 12 nitrogen and oxygen atoms in total. The van der Waals surface area contributed by atoms with Crippen molar-refractivity contribution in [3.8, 4) is 0 Å². The number of carbonyl (C=O) groups excluding carboxylic acids is 2. The van der Waals surface area contributed by atoms with Crippen LogP contribution < -0.4 is 10.6 Å². The number of methoxy groups -OCH3 is 1. The predicted octanol–water partition coefficient (Wildman–Crippen LogP) is 6.93. The first-order valence-corrected chi connectivity index (χ1v) is 18.3. The fourth-order valence-electron chi connectivity index (χ4n) is 7.51. The molecule has 304 valence electrons. The van der Waals surface area contributed by atoms with Crippen LogP contribution in [0.15, 0.2) is 23.8 Å². The first-order valence-electron chi connectivity index (χ1n) is 18.3. The van der Waals surface area contributed by atoms with Gasteiger partial charge in [-0.15, -0.1) is 0 Å². The summed E-state index contributed by atoms with van der Waals surface area (Å²) >= 11 is 0. The van der Waals surface area contributed by atoms with Crippen molar-refractivity contribution >= 4 is 17.9 Å². The van der Waals surface area contributed by atoms with Gasteiger partial charge in [-0.2, -0.15) is 0 Å². The first-order chi connectivity index (χ1) is 23.1. The summed E-state index contributed by atoms with van der Waals surface area (Å²) in [6.07, 6.45) is 9.92. The topological polar surface area (TPSA) is 153 Å². The molecule has 10 atom stereocenters. The summed E-state index contributed by atoms with van der Waals surface area (Å²) in [5.41, 5.74) is 0.903. The molecule has 3 heterocycles. The second kappa shape index (κ2) is 19.2. The van der Waals surface area contributed by atoms with Crippen molar-refractivity contribution in [1.82, 2.24) is 20.4 Å². The maximum Gasteiger partial charge on any atom is 0.326 e. The van der Waals surface area contributed by atoms with Crippen molar-refractivity contribution < 1.29 is 55.9 Å². The van der Waals surface area contributed by atoms with Crippen LogP contribution >= 0.6 is 0 Å². The summed E-state index contributed by atoms with van der Waals surface area (Å²) in [7, 11) is 3.63. The van der Waals surface area contributed by atoms with Crippen LogP contribution in [0.5, 0.6) is 0 Å². The zero-order valence-electron chi connectivity index (χ0n) is 31.2. The molecule has 0 aromatic heterocycles. The Hall–Kier alpha value is -2.51. The normalized spacial score (nSPS) is 29.6. The number of epoxide rings is 1. The fourth-order valence-corrected chi connectivity index (χ4v) is 7.51. The lowest BCUT2D eigenvalue weighted by Gasteiger charge is -2.35. The Bertz CT molecular complexity index is 1180. The number of aliphatic carboxylic acids is 1. The van der Waals surface area contributed by atoms with E-state index in [2.05, 4.69) is 68.4 Å².